The Hall–Kier alpha value is -2.88. The quantitative estimate of drug-likeness (QED) is 0.500. The molecule has 0 amide bonds. The van der Waals surface area contributed by atoms with Crippen molar-refractivity contribution in [3.63, 3.8) is 0 Å². The minimum Gasteiger partial charge on any atom is -0.460 e. The van der Waals surface area contributed by atoms with Crippen molar-refractivity contribution >= 4 is 16.9 Å². The molecule has 0 saturated heterocycles. The van der Waals surface area contributed by atoms with Crippen molar-refractivity contribution in [2.75, 3.05) is 0 Å². The molecule has 0 atom stereocenters. The van der Waals surface area contributed by atoms with Gasteiger partial charge in [0.15, 0.2) is 0 Å². The van der Waals surface area contributed by atoms with E-state index in [4.69, 9.17) is 9.15 Å². The topological polar surface area (TPSA) is 56.5 Å². The van der Waals surface area contributed by atoms with E-state index < -0.39 is 11.0 Å². The normalized spacial score (nSPS) is 15.7. The van der Waals surface area contributed by atoms with Gasteiger partial charge in [-0.05, 0) is 37.0 Å². The molecular formula is C23H22O4. The number of aryl methyl sites for hydroxylation is 1. The molecule has 0 unspecified atom stereocenters. The zero-order valence-corrected chi connectivity index (χ0v) is 15.4. The van der Waals surface area contributed by atoms with Gasteiger partial charge in [0.2, 0.25) is 0 Å². The molecule has 2 aromatic carbocycles. The molecule has 3 aromatic rings. The minimum absolute atomic E-state index is 0.0680. The largest absolute Gasteiger partial charge is 0.460 e. The molecule has 4 nitrogen and oxygen atoms in total. The molecule has 0 bridgehead atoms. The summed E-state index contributed by atoms with van der Waals surface area (Å²) in [5, 5.41) is 0.799. The van der Waals surface area contributed by atoms with Crippen molar-refractivity contribution in [3.8, 4) is 0 Å². The number of rotatable bonds is 4. The van der Waals surface area contributed by atoms with E-state index in [1.165, 1.54) is 6.07 Å². The van der Waals surface area contributed by atoms with E-state index in [0.29, 0.717) is 11.1 Å². The first-order chi connectivity index (χ1) is 13.1. The number of hydrogen-bond acceptors (Lipinski definition) is 4. The van der Waals surface area contributed by atoms with Crippen LogP contribution < -0.4 is 5.63 Å². The van der Waals surface area contributed by atoms with Crippen molar-refractivity contribution in [2.45, 2.75) is 44.6 Å². The molecule has 0 N–H and O–H groups in total. The highest BCUT2D eigenvalue weighted by Crippen LogP contribution is 2.42. The van der Waals surface area contributed by atoms with E-state index in [2.05, 4.69) is 0 Å². The van der Waals surface area contributed by atoms with Gasteiger partial charge in [0, 0.05) is 17.0 Å². The Balaban J connectivity index is 1.62. The lowest BCUT2D eigenvalue weighted by molar-refractivity contribution is -0.152. The van der Waals surface area contributed by atoms with Crippen LogP contribution in [0.2, 0.25) is 0 Å². The van der Waals surface area contributed by atoms with Crippen LogP contribution in [-0.4, -0.2) is 5.97 Å². The van der Waals surface area contributed by atoms with Crippen molar-refractivity contribution < 1.29 is 13.9 Å². The monoisotopic (exact) mass is 362 g/mol. The predicted octanol–water partition coefficient (Wildman–Crippen LogP) is 4.66. The maximum atomic E-state index is 13.1. The Kier molecular flexibility index (Phi) is 4.56. The number of esters is 1. The van der Waals surface area contributed by atoms with Crippen LogP contribution in [0.3, 0.4) is 0 Å². The van der Waals surface area contributed by atoms with Gasteiger partial charge in [-0.1, -0.05) is 55.3 Å². The lowest BCUT2D eigenvalue weighted by Gasteiger charge is -2.27. The number of carbonyl (C=O) groups excluding carboxylic acids is 1. The van der Waals surface area contributed by atoms with E-state index in [1.807, 2.05) is 55.5 Å². The van der Waals surface area contributed by atoms with Crippen molar-refractivity contribution in [2.24, 2.45) is 0 Å². The number of carbonyl (C=O) groups is 1. The zero-order chi connectivity index (χ0) is 18.9. The lowest BCUT2D eigenvalue weighted by atomic mass is 9.79. The predicted molar refractivity (Wildman–Crippen MR) is 104 cm³/mol. The molecule has 0 spiro atoms. The van der Waals surface area contributed by atoms with Gasteiger partial charge in [-0.3, -0.25) is 4.79 Å². The molecule has 138 valence electrons. The van der Waals surface area contributed by atoms with E-state index in [0.717, 1.165) is 42.2 Å². The summed E-state index contributed by atoms with van der Waals surface area (Å²) >= 11 is 0. The first-order valence-electron chi connectivity index (χ1n) is 9.35. The summed E-state index contributed by atoms with van der Waals surface area (Å²) in [7, 11) is 0. The smallest absolute Gasteiger partial charge is 0.336 e. The highest BCUT2D eigenvalue weighted by Gasteiger charge is 2.44. The third-order valence-electron chi connectivity index (χ3n) is 5.52. The van der Waals surface area contributed by atoms with Gasteiger partial charge in [-0.2, -0.15) is 0 Å². The fraction of sp³-hybridized carbons (Fsp3) is 0.304. The molecule has 4 rings (SSSR count). The highest BCUT2D eigenvalue weighted by molar-refractivity contribution is 5.84. The van der Waals surface area contributed by atoms with E-state index in [1.54, 1.807) is 0 Å². The summed E-state index contributed by atoms with van der Waals surface area (Å²) in [4.78, 5) is 25.0. The Morgan fingerprint density at radius 1 is 1.07 bits per heavy atom. The molecule has 1 saturated carbocycles. The maximum Gasteiger partial charge on any atom is 0.336 e. The van der Waals surface area contributed by atoms with Crippen LogP contribution in [0.4, 0.5) is 0 Å². The molecule has 1 aliphatic carbocycles. The highest BCUT2D eigenvalue weighted by atomic mass is 16.5. The Labute approximate surface area is 157 Å². The molecular weight excluding hydrogens is 340 g/mol. The van der Waals surface area contributed by atoms with Crippen LogP contribution in [0.15, 0.2) is 63.8 Å². The molecule has 0 radical (unpaired) electrons. The second-order valence-corrected chi connectivity index (χ2v) is 7.32. The van der Waals surface area contributed by atoms with Crippen LogP contribution in [0, 0.1) is 6.92 Å². The SMILES string of the molecule is Cc1ccc2c(COC(=O)C3(c4ccccc4)CCCC3)cc(=O)oc2c1. The summed E-state index contributed by atoms with van der Waals surface area (Å²) in [6.07, 6.45) is 3.63. The molecule has 27 heavy (non-hydrogen) atoms. The molecule has 1 heterocycles. The Bertz CT molecular complexity index is 1030. The van der Waals surface area contributed by atoms with E-state index in [-0.39, 0.29) is 12.6 Å². The number of benzene rings is 2. The second-order valence-electron chi connectivity index (χ2n) is 7.32. The maximum absolute atomic E-state index is 13.1. The van der Waals surface area contributed by atoms with Gasteiger partial charge in [0.25, 0.3) is 0 Å². The average molecular weight is 362 g/mol. The van der Waals surface area contributed by atoms with Crippen LogP contribution in [0.25, 0.3) is 11.0 Å². The fourth-order valence-electron chi connectivity index (χ4n) is 4.08. The van der Waals surface area contributed by atoms with Crippen LogP contribution in [-0.2, 0) is 21.6 Å². The molecule has 0 aliphatic heterocycles. The van der Waals surface area contributed by atoms with E-state index in [9.17, 15) is 9.59 Å². The standard InChI is InChI=1S/C23H22O4/c1-16-9-10-19-17(14-21(24)27-20(19)13-16)15-26-22(25)23(11-5-6-12-23)18-7-3-2-4-8-18/h2-4,7-10,13-14H,5-6,11-12,15H2,1H3. The van der Waals surface area contributed by atoms with Crippen molar-refractivity contribution in [1.82, 2.24) is 0 Å². The minimum atomic E-state index is -0.576. The van der Waals surface area contributed by atoms with Gasteiger partial charge in [-0.15, -0.1) is 0 Å². The Morgan fingerprint density at radius 3 is 2.56 bits per heavy atom. The summed E-state index contributed by atoms with van der Waals surface area (Å²) in [5.41, 5.74) is 2.21. The van der Waals surface area contributed by atoms with Crippen molar-refractivity contribution in [1.29, 1.82) is 0 Å². The van der Waals surface area contributed by atoms with Crippen LogP contribution >= 0.6 is 0 Å². The van der Waals surface area contributed by atoms with Crippen LogP contribution in [0.1, 0.15) is 42.4 Å². The zero-order valence-electron chi connectivity index (χ0n) is 15.4. The third-order valence-corrected chi connectivity index (χ3v) is 5.52. The summed E-state index contributed by atoms with van der Waals surface area (Å²) in [6.45, 7) is 2.01. The number of hydrogen-bond donors (Lipinski definition) is 0. The molecule has 1 aliphatic rings. The van der Waals surface area contributed by atoms with Gasteiger partial charge < -0.3 is 9.15 Å². The summed E-state index contributed by atoms with van der Waals surface area (Å²) < 4.78 is 11.0. The molecule has 1 aromatic heterocycles. The van der Waals surface area contributed by atoms with Gasteiger partial charge in [0.1, 0.15) is 12.2 Å². The lowest BCUT2D eigenvalue weighted by Crippen LogP contribution is -2.34. The summed E-state index contributed by atoms with van der Waals surface area (Å²) in [6, 6.07) is 17.0. The molecule has 4 heteroatoms. The van der Waals surface area contributed by atoms with E-state index >= 15 is 0 Å². The second kappa shape index (κ2) is 7.03. The van der Waals surface area contributed by atoms with Gasteiger partial charge >= 0.3 is 11.6 Å². The van der Waals surface area contributed by atoms with Gasteiger partial charge in [-0.25, -0.2) is 4.79 Å². The molecule has 1 fully saturated rings. The first-order valence-corrected chi connectivity index (χ1v) is 9.35. The average Bonchev–Trinajstić information content (AvgIpc) is 3.17. The number of fused-ring (bicyclic) bond motifs is 1. The summed E-state index contributed by atoms with van der Waals surface area (Å²) in [5.74, 6) is -0.209. The van der Waals surface area contributed by atoms with Crippen molar-refractivity contribution in [3.05, 3.63) is 81.7 Å². The number of ether oxygens (including phenoxy) is 1. The third kappa shape index (κ3) is 3.27. The fourth-order valence-corrected chi connectivity index (χ4v) is 4.08. The Morgan fingerprint density at radius 2 is 1.81 bits per heavy atom. The van der Waals surface area contributed by atoms with Gasteiger partial charge in [0.05, 0.1) is 5.41 Å². The first kappa shape index (κ1) is 17.5. The van der Waals surface area contributed by atoms with Crippen LogP contribution in [0.5, 0.6) is 0 Å².